The molecule has 1 aromatic heterocycles. The summed E-state index contributed by atoms with van der Waals surface area (Å²) in [7, 11) is 0. The predicted molar refractivity (Wildman–Crippen MR) is 99.2 cm³/mol. The van der Waals surface area contributed by atoms with E-state index in [1.807, 2.05) is 48.5 Å². The molecule has 0 aliphatic rings. The number of halogens is 1. The van der Waals surface area contributed by atoms with Gasteiger partial charge in [-0.3, -0.25) is 4.79 Å². The van der Waals surface area contributed by atoms with Crippen LogP contribution in [0.1, 0.15) is 16.1 Å². The summed E-state index contributed by atoms with van der Waals surface area (Å²) in [4.78, 5) is 20.6. The molecule has 0 bridgehead atoms. The Morgan fingerprint density at radius 2 is 1.76 bits per heavy atom. The van der Waals surface area contributed by atoms with Crippen LogP contribution in [-0.2, 0) is 6.42 Å². The van der Waals surface area contributed by atoms with Gasteiger partial charge in [0.25, 0.3) is 5.91 Å². The number of hydrogen-bond acceptors (Lipinski definition) is 4. The lowest BCUT2D eigenvalue weighted by Gasteiger charge is -2.08. The van der Waals surface area contributed by atoms with Crippen LogP contribution in [0.15, 0.2) is 66.9 Å². The summed E-state index contributed by atoms with van der Waals surface area (Å²) in [6, 6.07) is 18.8. The van der Waals surface area contributed by atoms with Gasteiger partial charge in [-0.2, -0.15) is 0 Å². The Balaban J connectivity index is 1.60. The summed E-state index contributed by atoms with van der Waals surface area (Å²) in [5, 5.41) is 6.44. The van der Waals surface area contributed by atoms with Crippen molar-refractivity contribution >= 4 is 29.1 Å². The first-order valence-corrected chi connectivity index (χ1v) is 8.27. The van der Waals surface area contributed by atoms with Crippen LogP contribution in [0.2, 0.25) is 5.02 Å². The van der Waals surface area contributed by atoms with Gasteiger partial charge in [0.05, 0.1) is 10.7 Å². The lowest BCUT2D eigenvalue weighted by atomic mass is 10.1. The quantitative estimate of drug-likeness (QED) is 0.707. The number of carbonyl (C=O) groups is 1. The highest BCUT2D eigenvalue weighted by Crippen LogP contribution is 2.22. The van der Waals surface area contributed by atoms with E-state index in [-0.39, 0.29) is 5.91 Å². The molecular weight excluding hydrogens is 336 g/mol. The van der Waals surface area contributed by atoms with Crippen molar-refractivity contribution < 1.29 is 4.79 Å². The SMILES string of the molecule is O=C(NCCc1ccccc1)c1ccnc(Nc2ccccc2Cl)n1. The van der Waals surface area contributed by atoms with Gasteiger partial charge in [-0.05, 0) is 30.2 Å². The van der Waals surface area contributed by atoms with Crippen LogP contribution < -0.4 is 10.6 Å². The highest BCUT2D eigenvalue weighted by molar-refractivity contribution is 6.33. The zero-order valence-electron chi connectivity index (χ0n) is 13.4. The third-order valence-electron chi connectivity index (χ3n) is 3.55. The maximum Gasteiger partial charge on any atom is 0.270 e. The monoisotopic (exact) mass is 352 g/mol. The number of amides is 1. The van der Waals surface area contributed by atoms with Crippen LogP contribution in [0.3, 0.4) is 0 Å². The topological polar surface area (TPSA) is 66.9 Å². The molecule has 5 nitrogen and oxygen atoms in total. The van der Waals surface area contributed by atoms with Crippen LogP contribution in [0.25, 0.3) is 0 Å². The molecular formula is C19H17ClN4O. The molecule has 0 radical (unpaired) electrons. The summed E-state index contributed by atoms with van der Waals surface area (Å²) in [5.41, 5.74) is 2.16. The van der Waals surface area contributed by atoms with E-state index in [1.165, 1.54) is 11.8 Å². The first kappa shape index (κ1) is 16.9. The summed E-state index contributed by atoms with van der Waals surface area (Å²) in [6.45, 7) is 0.542. The summed E-state index contributed by atoms with van der Waals surface area (Å²) in [5.74, 6) is 0.0874. The van der Waals surface area contributed by atoms with Gasteiger partial charge in [0.2, 0.25) is 5.95 Å². The number of aromatic nitrogens is 2. The van der Waals surface area contributed by atoms with Crippen molar-refractivity contribution in [3.05, 3.63) is 83.1 Å². The van der Waals surface area contributed by atoms with Gasteiger partial charge < -0.3 is 10.6 Å². The fraction of sp³-hybridized carbons (Fsp3) is 0.105. The molecule has 0 fully saturated rings. The average molecular weight is 353 g/mol. The molecule has 25 heavy (non-hydrogen) atoms. The van der Waals surface area contributed by atoms with Gasteiger partial charge in [0.15, 0.2) is 0 Å². The zero-order valence-corrected chi connectivity index (χ0v) is 14.2. The Morgan fingerprint density at radius 1 is 1.00 bits per heavy atom. The molecule has 0 atom stereocenters. The van der Waals surface area contributed by atoms with E-state index in [1.54, 1.807) is 12.1 Å². The Kier molecular flexibility index (Phi) is 5.59. The molecule has 2 N–H and O–H groups in total. The molecule has 1 amide bonds. The lowest BCUT2D eigenvalue weighted by molar-refractivity contribution is 0.0949. The number of carbonyl (C=O) groups excluding carboxylic acids is 1. The van der Waals surface area contributed by atoms with Gasteiger partial charge in [0, 0.05) is 12.7 Å². The van der Waals surface area contributed by atoms with Gasteiger partial charge in [-0.25, -0.2) is 9.97 Å². The molecule has 6 heteroatoms. The molecule has 0 saturated heterocycles. The molecule has 0 aliphatic heterocycles. The molecule has 0 spiro atoms. The second kappa shape index (κ2) is 8.26. The predicted octanol–water partition coefficient (Wildman–Crippen LogP) is 3.85. The molecule has 3 aromatic rings. The molecule has 0 aliphatic carbocycles. The van der Waals surface area contributed by atoms with Crippen LogP contribution in [0.5, 0.6) is 0 Å². The largest absolute Gasteiger partial charge is 0.350 e. The van der Waals surface area contributed by atoms with Crippen LogP contribution in [-0.4, -0.2) is 22.4 Å². The Hall–Kier alpha value is -2.92. The van der Waals surface area contributed by atoms with Crippen molar-refractivity contribution in [1.82, 2.24) is 15.3 Å². The second-order valence-corrected chi connectivity index (χ2v) is 5.77. The van der Waals surface area contributed by atoms with E-state index in [2.05, 4.69) is 20.6 Å². The number of hydrogen-bond donors (Lipinski definition) is 2. The number of nitrogens with zero attached hydrogens (tertiary/aromatic N) is 2. The van der Waals surface area contributed by atoms with E-state index in [0.717, 1.165) is 6.42 Å². The fourth-order valence-corrected chi connectivity index (χ4v) is 2.47. The highest BCUT2D eigenvalue weighted by atomic mass is 35.5. The first-order valence-electron chi connectivity index (χ1n) is 7.89. The van der Waals surface area contributed by atoms with Gasteiger partial charge >= 0.3 is 0 Å². The molecule has 1 heterocycles. The number of rotatable bonds is 6. The zero-order chi connectivity index (χ0) is 17.5. The Labute approximate surface area is 151 Å². The maximum absolute atomic E-state index is 12.3. The van der Waals surface area contributed by atoms with E-state index in [0.29, 0.717) is 28.9 Å². The standard InChI is InChI=1S/C19H17ClN4O/c20-15-8-4-5-9-16(15)23-19-22-13-11-17(24-19)18(25)21-12-10-14-6-2-1-3-7-14/h1-9,11,13H,10,12H2,(H,21,25)(H,22,23,24). The summed E-state index contributed by atoms with van der Waals surface area (Å²) < 4.78 is 0. The number of anilines is 2. The number of para-hydroxylation sites is 1. The Bertz CT molecular complexity index is 855. The van der Waals surface area contributed by atoms with Crippen molar-refractivity contribution in [3.63, 3.8) is 0 Å². The third kappa shape index (κ3) is 4.78. The molecule has 0 saturated carbocycles. The van der Waals surface area contributed by atoms with Crippen LogP contribution in [0, 0.1) is 0 Å². The smallest absolute Gasteiger partial charge is 0.270 e. The summed E-state index contributed by atoms with van der Waals surface area (Å²) >= 11 is 6.11. The number of benzene rings is 2. The maximum atomic E-state index is 12.3. The minimum Gasteiger partial charge on any atom is -0.350 e. The molecule has 126 valence electrons. The van der Waals surface area contributed by atoms with E-state index < -0.39 is 0 Å². The molecule has 0 unspecified atom stereocenters. The van der Waals surface area contributed by atoms with E-state index >= 15 is 0 Å². The van der Waals surface area contributed by atoms with E-state index in [9.17, 15) is 4.79 Å². The number of nitrogens with one attached hydrogen (secondary N) is 2. The van der Waals surface area contributed by atoms with Gasteiger partial charge in [-0.1, -0.05) is 54.1 Å². The third-order valence-corrected chi connectivity index (χ3v) is 3.88. The van der Waals surface area contributed by atoms with Crippen molar-refractivity contribution in [2.75, 3.05) is 11.9 Å². The molecule has 3 rings (SSSR count). The van der Waals surface area contributed by atoms with E-state index in [4.69, 9.17) is 11.6 Å². The second-order valence-electron chi connectivity index (χ2n) is 5.36. The van der Waals surface area contributed by atoms with Crippen molar-refractivity contribution in [1.29, 1.82) is 0 Å². The minimum absolute atomic E-state index is 0.236. The first-order chi connectivity index (χ1) is 12.2. The van der Waals surface area contributed by atoms with Gasteiger partial charge in [0.1, 0.15) is 5.69 Å². The lowest BCUT2D eigenvalue weighted by Crippen LogP contribution is -2.26. The Morgan fingerprint density at radius 3 is 2.56 bits per heavy atom. The van der Waals surface area contributed by atoms with Crippen molar-refractivity contribution in [2.45, 2.75) is 6.42 Å². The van der Waals surface area contributed by atoms with Crippen molar-refractivity contribution in [2.24, 2.45) is 0 Å². The average Bonchev–Trinajstić information content (AvgIpc) is 2.65. The normalized spacial score (nSPS) is 10.3. The van der Waals surface area contributed by atoms with Crippen LogP contribution >= 0.6 is 11.6 Å². The van der Waals surface area contributed by atoms with Crippen molar-refractivity contribution in [3.8, 4) is 0 Å². The molecule has 2 aromatic carbocycles. The minimum atomic E-state index is -0.236. The fourth-order valence-electron chi connectivity index (χ4n) is 2.28. The highest BCUT2D eigenvalue weighted by Gasteiger charge is 2.09. The van der Waals surface area contributed by atoms with Crippen LogP contribution in [0.4, 0.5) is 11.6 Å². The summed E-state index contributed by atoms with van der Waals surface area (Å²) in [6.07, 6.45) is 2.31. The van der Waals surface area contributed by atoms with Gasteiger partial charge in [-0.15, -0.1) is 0 Å².